The van der Waals surface area contributed by atoms with Gasteiger partial charge in [0.15, 0.2) is 0 Å². The first-order valence-corrected chi connectivity index (χ1v) is 9.69. The van der Waals surface area contributed by atoms with Crippen molar-refractivity contribution in [1.82, 2.24) is 0 Å². The first kappa shape index (κ1) is 16.3. The van der Waals surface area contributed by atoms with Gasteiger partial charge in [-0.2, -0.15) is 0 Å². The van der Waals surface area contributed by atoms with E-state index in [4.69, 9.17) is 23.2 Å². The first-order chi connectivity index (χ1) is 12.6. The number of nitrogens with zero attached hydrogens (tertiary/aromatic N) is 1. The van der Waals surface area contributed by atoms with E-state index in [0.717, 1.165) is 12.8 Å². The molecule has 132 valence electrons. The van der Waals surface area contributed by atoms with Gasteiger partial charge in [-0.1, -0.05) is 53.5 Å². The molecular weight excluding hydrogens is 369 g/mol. The minimum absolute atomic E-state index is 0.108. The van der Waals surface area contributed by atoms with E-state index in [1.807, 2.05) is 18.2 Å². The molecule has 2 saturated carbocycles. The molecule has 2 aliphatic carbocycles. The van der Waals surface area contributed by atoms with Crippen molar-refractivity contribution in [3.8, 4) is 0 Å². The van der Waals surface area contributed by atoms with E-state index < -0.39 is 0 Å². The van der Waals surface area contributed by atoms with Gasteiger partial charge in [-0.3, -0.25) is 9.59 Å². The Morgan fingerprint density at radius 3 is 2.38 bits per heavy atom. The second-order valence-corrected chi connectivity index (χ2v) is 8.42. The maximum atomic E-state index is 13.2. The molecule has 26 heavy (non-hydrogen) atoms. The third kappa shape index (κ3) is 2.20. The topological polar surface area (TPSA) is 37.4 Å². The highest BCUT2D eigenvalue weighted by Gasteiger charge is 2.64. The maximum Gasteiger partial charge on any atom is 0.238 e. The zero-order valence-electron chi connectivity index (χ0n) is 13.9. The molecule has 5 rings (SSSR count). The summed E-state index contributed by atoms with van der Waals surface area (Å²) < 4.78 is 0. The molecule has 0 N–H and O–H groups in total. The van der Waals surface area contributed by atoms with Gasteiger partial charge in [0.25, 0.3) is 0 Å². The van der Waals surface area contributed by atoms with Gasteiger partial charge in [0.05, 0.1) is 22.5 Å². The Labute approximate surface area is 161 Å². The monoisotopic (exact) mass is 385 g/mol. The minimum Gasteiger partial charge on any atom is -0.274 e. The Balaban J connectivity index is 1.52. The van der Waals surface area contributed by atoms with Crippen molar-refractivity contribution >= 4 is 40.7 Å². The minimum atomic E-state index is -0.235. The molecule has 2 amide bonds. The fourth-order valence-electron chi connectivity index (χ4n) is 5.44. The number of fused-ring (bicyclic) bond motifs is 5. The van der Waals surface area contributed by atoms with Crippen molar-refractivity contribution in [1.29, 1.82) is 0 Å². The summed E-state index contributed by atoms with van der Waals surface area (Å²) in [7, 11) is 0. The van der Waals surface area contributed by atoms with Crippen LogP contribution >= 0.6 is 23.2 Å². The van der Waals surface area contributed by atoms with Crippen LogP contribution in [0.25, 0.3) is 0 Å². The fraction of sp³-hybridized carbons (Fsp3) is 0.333. The lowest BCUT2D eigenvalue weighted by atomic mass is 9.73. The number of carbonyl (C=O) groups excluding carboxylic acids is 2. The lowest BCUT2D eigenvalue weighted by Gasteiger charge is -2.28. The van der Waals surface area contributed by atoms with Crippen LogP contribution in [0.4, 0.5) is 5.69 Å². The zero-order chi connectivity index (χ0) is 18.0. The third-order valence-corrected chi connectivity index (χ3v) is 6.95. The molecule has 3 nitrogen and oxygen atoms in total. The van der Waals surface area contributed by atoms with E-state index in [1.54, 1.807) is 18.2 Å². The SMILES string of the molecule is O=C1[C@@H]2[C@H]3C[C@H]([C@H]2C(=O)N1c1cc(Cl)ccc1Cl)[C@@H](c1ccccc1)C3. The summed E-state index contributed by atoms with van der Waals surface area (Å²) in [4.78, 5) is 27.6. The third-order valence-electron chi connectivity index (χ3n) is 6.39. The molecule has 5 atom stereocenters. The summed E-state index contributed by atoms with van der Waals surface area (Å²) >= 11 is 12.3. The van der Waals surface area contributed by atoms with Crippen molar-refractivity contribution in [2.75, 3.05) is 4.90 Å². The van der Waals surface area contributed by atoms with Crippen molar-refractivity contribution < 1.29 is 9.59 Å². The molecule has 1 saturated heterocycles. The van der Waals surface area contributed by atoms with Gasteiger partial charge in [0, 0.05) is 5.02 Å². The number of benzene rings is 2. The van der Waals surface area contributed by atoms with E-state index in [-0.39, 0.29) is 35.5 Å². The number of anilines is 1. The Morgan fingerprint density at radius 2 is 1.62 bits per heavy atom. The number of carbonyl (C=O) groups is 2. The highest BCUT2D eigenvalue weighted by atomic mass is 35.5. The summed E-state index contributed by atoms with van der Waals surface area (Å²) in [5, 5.41) is 0.843. The molecule has 3 aliphatic rings. The van der Waals surface area contributed by atoms with E-state index in [1.165, 1.54) is 10.5 Å². The number of halogens is 2. The molecule has 2 bridgehead atoms. The smallest absolute Gasteiger partial charge is 0.238 e. The average Bonchev–Trinajstić information content (AvgIpc) is 3.30. The molecule has 5 heteroatoms. The largest absolute Gasteiger partial charge is 0.274 e. The zero-order valence-corrected chi connectivity index (χ0v) is 15.5. The molecule has 2 aromatic rings. The van der Waals surface area contributed by atoms with Gasteiger partial charge in [-0.05, 0) is 54.4 Å². The highest BCUT2D eigenvalue weighted by Crippen LogP contribution is 2.62. The Morgan fingerprint density at radius 1 is 0.885 bits per heavy atom. The molecule has 0 radical (unpaired) electrons. The van der Waals surface area contributed by atoms with Crippen LogP contribution in [0.5, 0.6) is 0 Å². The maximum absolute atomic E-state index is 13.2. The summed E-state index contributed by atoms with van der Waals surface area (Å²) in [6.07, 6.45) is 1.94. The van der Waals surface area contributed by atoms with E-state index in [2.05, 4.69) is 12.1 Å². The quantitative estimate of drug-likeness (QED) is 0.687. The van der Waals surface area contributed by atoms with Crippen LogP contribution in [-0.2, 0) is 9.59 Å². The van der Waals surface area contributed by atoms with Crippen molar-refractivity contribution in [2.24, 2.45) is 23.7 Å². The summed E-state index contributed by atoms with van der Waals surface area (Å²) in [6, 6.07) is 15.3. The molecule has 1 heterocycles. The second kappa shape index (κ2) is 5.83. The number of amides is 2. The molecule has 0 spiro atoms. The summed E-state index contributed by atoms with van der Waals surface area (Å²) in [6.45, 7) is 0. The summed E-state index contributed by atoms with van der Waals surface area (Å²) in [5.41, 5.74) is 1.69. The molecule has 1 aliphatic heterocycles. The van der Waals surface area contributed by atoms with Crippen LogP contribution in [-0.4, -0.2) is 11.8 Å². The van der Waals surface area contributed by atoms with Gasteiger partial charge >= 0.3 is 0 Å². The molecule has 2 aromatic carbocycles. The van der Waals surface area contributed by atoms with Crippen molar-refractivity contribution in [3.63, 3.8) is 0 Å². The van der Waals surface area contributed by atoms with Gasteiger partial charge in [0.2, 0.25) is 11.8 Å². The Hall–Kier alpha value is -1.84. The standard InChI is InChI=1S/C21H17Cl2NO2/c22-13-6-7-16(23)17(10-13)24-20(25)18-12-8-14(11-4-2-1-3-5-11)15(9-12)19(18)21(24)26/h1-7,10,12,14-15,18-19H,8-9H2/t12-,14-,15+,18-,19-/m1/s1. The predicted molar refractivity (Wildman–Crippen MR) is 101 cm³/mol. The lowest BCUT2D eigenvalue weighted by Crippen LogP contribution is -2.33. The number of hydrogen-bond donors (Lipinski definition) is 0. The van der Waals surface area contributed by atoms with Crippen LogP contribution in [0, 0.1) is 23.7 Å². The number of rotatable bonds is 2. The molecule has 0 unspecified atom stereocenters. The average molecular weight is 386 g/mol. The van der Waals surface area contributed by atoms with Crippen LogP contribution in [0.2, 0.25) is 10.0 Å². The van der Waals surface area contributed by atoms with Gasteiger partial charge < -0.3 is 0 Å². The van der Waals surface area contributed by atoms with Gasteiger partial charge in [0.1, 0.15) is 0 Å². The molecular formula is C21H17Cl2NO2. The van der Waals surface area contributed by atoms with E-state index in [0.29, 0.717) is 21.7 Å². The second-order valence-electron chi connectivity index (χ2n) is 7.57. The van der Waals surface area contributed by atoms with E-state index >= 15 is 0 Å². The van der Waals surface area contributed by atoms with Crippen molar-refractivity contribution in [3.05, 3.63) is 64.1 Å². The highest BCUT2D eigenvalue weighted by molar-refractivity contribution is 6.37. The fourth-order valence-corrected chi connectivity index (χ4v) is 5.81. The van der Waals surface area contributed by atoms with Gasteiger partial charge in [-0.15, -0.1) is 0 Å². The van der Waals surface area contributed by atoms with Crippen LogP contribution in [0.3, 0.4) is 0 Å². The Kier molecular flexibility index (Phi) is 3.67. The number of hydrogen-bond acceptors (Lipinski definition) is 2. The van der Waals surface area contributed by atoms with Crippen LogP contribution < -0.4 is 4.90 Å². The van der Waals surface area contributed by atoms with Crippen molar-refractivity contribution in [2.45, 2.75) is 18.8 Å². The normalized spacial score (nSPS) is 32.4. The van der Waals surface area contributed by atoms with E-state index in [9.17, 15) is 9.59 Å². The molecule has 3 fully saturated rings. The van der Waals surface area contributed by atoms with Gasteiger partial charge in [-0.25, -0.2) is 4.90 Å². The van der Waals surface area contributed by atoms with Crippen LogP contribution in [0.1, 0.15) is 24.3 Å². The van der Waals surface area contributed by atoms with Crippen LogP contribution in [0.15, 0.2) is 48.5 Å². The lowest BCUT2D eigenvalue weighted by molar-refractivity contribution is -0.123. The summed E-state index contributed by atoms with van der Waals surface area (Å²) in [5.74, 6) is 0.194. The Bertz CT molecular complexity index is 913. The first-order valence-electron chi connectivity index (χ1n) is 8.94. The predicted octanol–water partition coefficient (Wildman–Crippen LogP) is 4.92. The number of imide groups is 1. The molecule has 0 aromatic heterocycles.